The van der Waals surface area contributed by atoms with Crippen LogP contribution in [0.3, 0.4) is 0 Å². The van der Waals surface area contributed by atoms with Crippen molar-refractivity contribution in [1.82, 2.24) is 10.3 Å². The van der Waals surface area contributed by atoms with Crippen molar-refractivity contribution < 1.29 is 4.74 Å². The van der Waals surface area contributed by atoms with Gasteiger partial charge in [-0.25, -0.2) is 0 Å². The number of ether oxygens (including phenoxy) is 1. The Kier molecular flexibility index (Phi) is 5.38. The van der Waals surface area contributed by atoms with Gasteiger partial charge in [0, 0.05) is 25.7 Å². The Balaban J connectivity index is 2.10. The van der Waals surface area contributed by atoms with Gasteiger partial charge in [0.25, 0.3) is 0 Å². The molecule has 4 heteroatoms. The summed E-state index contributed by atoms with van der Waals surface area (Å²) in [6, 6.07) is 5.16. The molecule has 1 N–H and O–H groups in total. The number of nitrogens with one attached hydrogen (secondary N) is 1. The highest BCUT2D eigenvalue weighted by molar-refractivity contribution is 5.46. The third kappa shape index (κ3) is 3.70. The van der Waals surface area contributed by atoms with Crippen molar-refractivity contribution in [3.63, 3.8) is 0 Å². The highest BCUT2D eigenvalue weighted by Crippen LogP contribution is 2.36. The van der Waals surface area contributed by atoms with Crippen molar-refractivity contribution in [2.24, 2.45) is 5.92 Å². The fourth-order valence-electron chi connectivity index (χ4n) is 2.56. The molecule has 2 rings (SSSR count). The first kappa shape index (κ1) is 15.3. The molecule has 1 aromatic rings. The summed E-state index contributed by atoms with van der Waals surface area (Å²) in [6.45, 7) is 6.12. The lowest BCUT2D eigenvalue weighted by Crippen LogP contribution is -2.37. The summed E-state index contributed by atoms with van der Waals surface area (Å²) in [7, 11) is 3.72. The molecule has 2 atom stereocenters. The number of nitrogens with zero attached hydrogens (tertiary/aromatic N) is 2. The topological polar surface area (TPSA) is 37.4 Å². The van der Waals surface area contributed by atoms with E-state index in [-0.39, 0.29) is 6.04 Å². The van der Waals surface area contributed by atoms with Crippen LogP contribution >= 0.6 is 0 Å². The van der Waals surface area contributed by atoms with E-state index in [1.807, 2.05) is 13.2 Å². The van der Waals surface area contributed by atoms with Gasteiger partial charge in [0.15, 0.2) is 0 Å². The maximum absolute atomic E-state index is 5.25. The summed E-state index contributed by atoms with van der Waals surface area (Å²) < 4.78 is 5.25. The molecule has 0 bridgehead atoms. The third-order valence-electron chi connectivity index (χ3n) is 4.31. The molecule has 0 spiro atoms. The minimum absolute atomic E-state index is 0.289. The second-order valence-electron chi connectivity index (χ2n) is 5.72. The molecule has 0 aromatic carbocycles. The van der Waals surface area contributed by atoms with E-state index < -0.39 is 0 Å². The van der Waals surface area contributed by atoms with Crippen LogP contribution in [0.15, 0.2) is 18.3 Å². The Labute approximate surface area is 122 Å². The molecule has 1 saturated carbocycles. The molecule has 4 nitrogen and oxygen atoms in total. The second kappa shape index (κ2) is 7.04. The van der Waals surface area contributed by atoms with Gasteiger partial charge >= 0.3 is 0 Å². The number of hydrogen-bond acceptors (Lipinski definition) is 4. The van der Waals surface area contributed by atoms with E-state index in [1.165, 1.54) is 18.5 Å². The van der Waals surface area contributed by atoms with E-state index in [4.69, 9.17) is 4.74 Å². The van der Waals surface area contributed by atoms with Crippen LogP contribution in [-0.4, -0.2) is 38.3 Å². The van der Waals surface area contributed by atoms with Gasteiger partial charge in [0.1, 0.15) is 0 Å². The Morgan fingerprint density at radius 2 is 2.15 bits per heavy atom. The van der Waals surface area contributed by atoms with Crippen LogP contribution in [0.5, 0.6) is 0 Å². The first-order chi connectivity index (χ1) is 9.67. The normalized spacial score (nSPS) is 17.8. The number of pyridine rings is 1. The van der Waals surface area contributed by atoms with Gasteiger partial charge in [-0.2, -0.15) is 0 Å². The highest BCUT2D eigenvalue weighted by Gasteiger charge is 2.32. The van der Waals surface area contributed by atoms with Crippen molar-refractivity contribution >= 4 is 5.69 Å². The molecule has 1 heterocycles. The molecule has 0 radical (unpaired) electrons. The number of anilines is 1. The lowest BCUT2D eigenvalue weighted by molar-refractivity contribution is 0.202. The standard InChI is InChI=1S/C16H27N3O/c1-12(17-3)16-8-7-15(11-18-16)19(9-10-20-4)13(2)14-5-6-14/h7-8,11-14,17H,5-6,9-10H2,1-4H3. The van der Waals surface area contributed by atoms with Gasteiger partial charge in [-0.15, -0.1) is 0 Å². The van der Waals surface area contributed by atoms with E-state index in [0.717, 1.165) is 24.8 Å². The lowest BCUT2D eigenvalue weighted by Gasteiger charge is -2.31. The van der Waals surface area contributed by atoms with Crippen molar-refractivity contribution in [3.8, 4) is 0 Å². The van der Waals surface area contributed by atoms with Gasteiger partial charge in [-0.1, -0.05) is 0 Å². The first-order valence-electron chi connectivity index (χ1n) is 7.56. The molecule has 0 amide bonds. The molecular weight excluding hydrogens is 250 g/mol. The van der Waals surface area contributed by atoms with Crippen LogP contribution in [0.1, 0.15) is 38.4 Å². The molecule has 0 aliphatic heterocycles. The number of rotatable bonds is 8. The molecule has 1 aliphatic carbocycles. The summed E-state index contributed by atoms with van der Waals surface area (Å²) in [5.74, 6) is 0.836. The van der Waals surface area contributed by atoms with Crippen molar-refractivity contribution in [1.29, 1.82) is 0 Å². The zero-order valence-electron chi connectivity index (χ0n) is 13.1. The molecule has 1 fully saturated rings. The van der Waals surface area contributed by atoms with Crippen LogP contribution in [0.25, 0.3) is 0 Å². The SMILES string of the molecule is CNC(C)c1ccc(N(CCOC)C(C)C2CC2)cn1. The zero-order valence-corrected chi connectivity index (χ0v) is 13.1. The smallest absolute Gasteiger partial charge is 0.0637 e. The van der Waals surface area contributed by atoms with Gasteiger partial charge in [-0.3, -0.25) is 4.98 Å². The van der Waals surface area contributed by atoms with Crippen molar-refractivity contribution in [2.45, 2.75) is 38.8 Å². The highest BCUT2D eigenvalue weighted by atomic mass is 16.5. The number of methoxy groups -OCH3 is 1. The van der Waals surface area contributed by atoms with E-state index in [2.05, 4.69) is 41.2 Å². The fraction of sp³-hybridized carbons (Fsp3) is 0.688. The van der Waals surface area contributed by atoms with E-state index in [9.17, 15) is 0 Å². The molecule has 0 saturated heterocycles. The van der Waals surface area contributed by atoms with E-state index in [1.54, 1.807) is 7.11 Å². The predicted molar refractivity (Wildman–Crippen MR) is 83.1 cm³/mol. The largest absolute Gasteiger partial charge is 0.383 e. The zero-order chi connectivity index (χ0) is 14.5. The monoisotopic (exact) mass is 277 g/mol. The van der Waals surface area contributed by atoms with Crippen LogP contribution in [0.4, 0.5) is 5.69 Å². The second-order valence-corrected chi connectivity index (χ2v) is 5.72. The molecule has 2 unspecified atom stereocenters. The Hall–Kier alpha value is -1.13. The maximum atomic E-state index is 5.25. The quantitative estimate of drug-likeness (QED) is 0.792. The first-order valence-corrected chi connectivity index (χ1v) is 7.56. The summed E-state index contributed by atoms with van der Waals surface area (Å²) in [5, 5.41) is 3.22. The third-order valence-corrected chi connectivity index (χ3v) is 4.31. The molecule has 1 aromatic heterocycles. The minimum atomic E-state index is 0.289. The van der Waals surface area contributed by atoms with E-state index >= 15 is 0 Å². The summed E-state index contributed by atoms with van der Waals surface area (Å²) in [6.07, 6.45) is 4.71. The van der Waals surface area contributed by atoms with Crippen LogP contribution in [0.2, 0.25) is 0 Å². The van der Waals surface area contributed by atoms with Crippen LogP contribution in [0, 0.1) is 5.92 Å². The maximum Gasteiger partial charge on any atom is 0.0637 e. The minimum Gasteiger partial charge on any atom is -0.383 e. The summed E-state index contributed by atoms with van der Waals surface area (Å²) >= 11 is 0. The van der Waals surface area contributed by atoms with Crippen molar-refractivity contribution in [2.75, 3.05) is 32.2 Å². The Morgan fingerprint density at radius 3 is 2.65 bits per heavy atom. The lowest BCUT2D eigenvalue weighted by atomic mass is 10.1. The fourth-order valence-corrected chi connectivity index (χ4v) is 2.56. The number of aromatic nitrogens is 1. The molecule has 1 aliphatic rings. The van der Waals surface area contributed by atoms with Gasteiger partial charge < -0.3 is 15.0 Å². The number of hydrogen-bond donors (Lipinski definition) is 1. The molecule has 112 valence electrons. The Morgan fingerprint density at radius 1 is 1.40 bits per heavy atom. The average Bonchev–Trinajstić information content (AvgIpc) is 3.32. The molecule has 20 heavy (non-hydrogen) atoms. The van der Waals surface area contributed by atoms with Crippen LogP contribution in [-0.2, 0) is 4.74 Å². The predicted octanol–water partition coefficient (Wildman–Crippen LogP) is 2.61. The summed E-state index contributed by atoms with van der Waals surface area (Å²) in [5.41, 5.74) is 2.29. The average molecular weight is 277 g/mol. The van der Waals surface area contributed by atoms with Crippen molar-refractivity contribution in [3.05, 3.63) is 24.0 Å². The van der Waals surface area contributed by atoms with Gasteiger partial charge in [0.2, 0.25) is 0 Å². The van der Waals surface area contributed by atoms with E-state index in [0.29, 0.717) is 6.04 Å². The Bertz CT molecular complexity index is 403. The summed E-state index contributed by atoms with van der Waals surface area (Å²) in [4.78, 5) is 7.03. The van der Waals surface area contributed by atoms with Gasteiger partial charge in [-0.05, 0) is 51.8 Å². The van der Waals surface area contributed by atoms with Crippen LogP contribution < -0.4 is 10.2 Å². The van der Waals surface area contributed by atoms with Gasteiger partial charge in [0.05, 0.1) is 24.2 Å². The molecular formula is C16H27N3O.